The third-order valence-corrected chi connectivity index (χ3v) is 2.67. The van der Waals surface area contributed by atoms with Crippen LogP contribution in [0, 0.1) is 5.82 Å². The third-order valence-electron chi connectivity index (χ3n) is 2.67. The molecule has 1 aliphatic heterocycles. The molecule has 3 nitrogen and oxygen atoms in total. The summed E-state index contributed by atoms with van der Waals surface area (Å²) >= 11 is 0. The first-order valence-corrected chi connectivity index (χ1v) is 5.04. The van der Waals surface area contributed by atoms with E-state index in [0.29, 0.717) is 12.2 Å². The molecule has 1 aromatic carbocycles. The number of aryl methyl sites for hydroxylation is 1. The molecule has 4 heteroatoms. The fourth-order valence-corrected chi connectivity index (χ4v) is 1.80. The fraction of sp³-hybridized carbons (Fsp3) is 0.455. The predicted octanol–water partition coefficient (Wildman–Crippen LogP) is 0.839. The zero-order valence-electron chi connectivity index (χ0n) is 8.32. The van der Waals surface area contributed by atoms with Gasteiger partial charge in [-0.3, -0.25) is 0 Å². The van der Waals surface area contributed by atoms with Gasteiger partial charge >= 0.3 is 0 Å². The summed E-state index contributed by atoms with van der Waals surface area (Å²) in [4.78, 5) is 0. The molecule has 0 amide bonds. The van der Waals surface area contributed by atoms with E-state index < -0.39 is 6.10 Å². The monoisotopic (exact) mass is 211 g/mol. The number of aliphatic hydroxyl groups is 1. The number of hydrogen-bond donors (Lipinski definition) is 2. The van der Waals surface area contributed by atoms with Gasteiger partial charge in [0.25, 0.3) is 0 Å². The Morgan fingerprint density at radius 3 is 3.13 bits per heavy atom. The molecule has 1 aromatic rings. The average molecular weight is 211 g/mol. The van der Waals surface area contributed by atoms with E-state index in [2.05, 4.69) is 0 Å². The van der Waals surface area contributed by atoms with Crippen molar-refractivity contribution in [2.45, 2.75) is 25.0 Å². The number of aliphatic hydroxyl groups excluding tert-OH is 1. The Morgan fingerprint density at radius 2 is 2.40 bits per heavy atom. The van der Waals surface area contributed by atoms with Crippen molar-refractivity contribution >= 4 is 0 Å². The normalized spacial score (nSPS) is 21.7. The van der Waals surface area contributed by atoms with E-state index in [9.17, 15) is 9.50 Å². The van der Waals surface area contributed by atoms with Crippen LogP contribution in [0.4, 0.5) is 4.39 Å². The summed E-state index contributed by atoms with van der Waals surface area (Å²) in [6, 6.07) is 4.43. The molecular weight excluding hydrogens is 197 g/mol. The Balaban J connectivity index is 2.16. The van der Waals surface area contributed by atoms with Crippen molar-refractivity contribution in [1.29, 1.82) is 0 Å². The summed E-state index contributed by atoms with van der Waals surface area (Å²) in [5, 5.41) is 9.54. The van der Waals surface area contributed by atoms with Crippen molar-refractivity contribution in [2.75, 3.05) is 6.54 Å². The van der Waals surface area contributed by atoms with Crippen molar-refractivity contribution in [2.24, 2.45) is 5.73 Å². The van der Waals surface area contributed by atoms with Crippen molar-refractivity contribution in [1.82, 2.24) is 0 Å². The molecule has 82 valence electrons. The summed E-state index contributed by atoms with van der Waals surface area (Å²) in [5.74, 6) is 0.398. The van der Waals surface area contributed by atoms with Crippen LogP contribution in [0.25, 0.3) is 0 Å². The van der Waals surface area contributed by atoms with Crippen LogP contribution in [0.5, 0.6) is 5.75 Å². The minimum Gasteiger partial charge on any atom is -0.487 e. The Labute approximate surface area is 87.7 Å². The quantitative estimate of drug-likeness (QED) is 0.762. The highest BCUT2D eigenvalue weighted by atomic mass is 19.1. The molecule has 0 aliphatic carbocycles. The molecule has 0 spiro atoms. The first-order chi connectivity index (χ1) is 7.20. The van der Waals surface area contributed by atoms with Gasteiger partial charge in [-0.1, -0.05) is 0 Å². The van der Waals surface area contributed by atoms with E-state index in [1.54, 1.807) is 6.07 Å². The van der Waals surface area contributed by atoms with Crippen molar-refractivity contribution in [3.8, 4) is 5.75 Å². The molecular formula is C11H14FNO2. The van der Waals surface area contributed by atoms with E-state index in [1.807, 2.05) is 0 Å². The number of ether oxygens (including phenoxy) is 1. The van der Waals surface area contributed by atoms with Crippen LogP contribution < -0.4 is 10.5 Å². The van der Waals surface area contributed by atoms with Crippen LogP contribution >= 0.6 is 0 Å². The molecule has 0 aromatic heterocycles. The molecule has 0 fully saturated rings. The van der Waals surface area contributed by atoms with Crippen molar-refractivity contribution in [3.63, 3.8) is 0 Å². The van der Waals surface area contributed by atoms with Gasteiger partial charge in [-0.15, -0.1) is 0 Å². The number of hydrogen-bond acceptors (Lipinski definition) is 3. The second-order valence-corrected chi connectivity index (χ2v) is 3.75. The molecule has 1 aliphatic rings. The molecule has 15 heavy (non-hydrogen) atoms. The van der Waals surface area contributed by atoms with E-state index in [4.69, 9.17) is 10.5 Å². The minimum atomic E-state index is -0.650. The van der Waals surface area contributed by atoms with Crippen molar-refractivity contribution in [3.05, 3.63) is 29.6 Å². The largest absolute Gasteiger partial charge is 0.487 e. The summed E-state index contributed by atoms with van der Waals surface area (Å²) < 4.78 is 18.4. The smallest absolute Gasteiger partial charge is 0.126 e. The molecule has 0 saturated carbocycles. The van der Waals surface area contributed by atoms with Gasteiger partial charge in [0.2, 0.25) is 0 Å². The third kappa shape index (κ3) is 2.11. The number of rotatable bonds is 2. The molecule has 0 bridgehead atoms. The Morgan fingerprint density at radius 1 is 1.60 bits per heavy atom. The summed E-state index contributed by atoms with van der Waals surface area (Å²) in [6.45, 7) is 0.182. The lowest BCUT2D eigenvalue weighted by Gasteiger charge is -2.28. The summed E-state index contributed by atoms with van der Waals surface area (Å²) in [6.07, 6.45) is 0.472. The Kier molecular flexibility index (Phi) is 2.88. The number of benzene rings is 1. The van der Waals surface area contributed by atoms with Crippen LogP contribution in [0.3, 0.4) is 0 Å². The van der Waals surface area contributed by atoms with E-state index in [-0.39, 0.29) is 18.5 Å². The molecule has 3 N–H and O–H groups in total. The Bertz CT molecular complexity index is 356. The van der Waals surface area contributed by atoms with Crippen LogP contribution in [0.15, 0.2) is 18.2 Å². The van der Waals surface area contributed by atoms with Crippen LogP contribution in [0.1, 0.15) is 12.0 Å². The average Bonchev–Trinajstić information content (AvgIpc) is 2.27. The lowest BCUT2D eigenvalue weighted by molar-refractivity contribution is 0.0296. The van der Waals surface area contributed by atoms with Gasteiger partial charge in [0.05, 0.1) is 0 Å². The zero-order chi connectivity index (χ0) is 10.8. The summed E-state index contributed by atoms with van der Waals surface area (Å²) in [7, 11) is 0. The number of fused-ring (bicyclic) bond motifs is 1. The van der Waals surface area contributed by atoms with E-state index in [0.717, 1.165) is 12.0 Å². The van der Waals surface area contributed by atoms with Gasteiger partial charge in [-0.25, -0.2) is 4.39 Å². The highest BCUT2D eigenvalue weighted by Gasteiger charge is 2.25. The highest BCUT2D eigenvalue weighted by molar-refractivity contribution is 5.35. The number of halogens is 1. The minimum absolute atomic E-state index is 0.182. The topological polar surface area (TPSA) is 55.5 Å². The lowest BCUT2D eigenvalue weighted by atomic mass is 9.99. The maximum absolute atomic E-state index is 12.9. The molecule has 0 radical (unpaired) electrons. The number of nitrogens with two attached hydrogens (primary N) is 1. The molecule has 1 unspecified atom stereocenters. The maximum atomic E-state index is 12.9. The first kappa shape index (κ1) is 10.4. The van der Waals surface area contributed by atoms with Crippen LogP contribution in [-0.2, 0) is 6.42 Å². The van der Waals surface area contributed by atoms with Gasteiger partial charge in [0.15, 0.2) is 0 Å². The SMILES string of the molecule is NCC(O)[C@H]1CCc2cc(F)ccc2O1. The van der Waals surface area contributed by atoms with Crippen LogP contribution in [0.2, 0.25) is 0 Å². The highest BCUT2D eigenvalue weighted by Crippen LogP contribution is 2.29. The van der Waals surface area contributed by atoms with Gasteiger partial charge in [-0.05, 0) is 36.6 Å². The zero-order valence-corrected chi connectivity index (χ0v) is 8.32. The van der Waals surface area contributed by atoms with E-state index in [1.165, 1.54) is 12.1 Å². The van der Waals surface area contributed by atoms with Gasteiger partial charge in [-0.2, -0.15) is 0 Å². The molecule has 1 heterocycles. The second kappa shape index (κ2) is 4.16. The predicted molar refractivity (Wildman–Crippen MR) is 54.2 cm³/mol. The standard InChI is InChI=1S/C11H14FNO2/c12-8-2-4-10-7(5-8)1-3-11(15-10)9(14)6-13/h2,4-5,9,11,14H,1,3,6,13H2/t9?,11-/m1/s1. The van der Waals surface area contributed by atoms with Gasteiger partial charge in [0.1, 0.15) is 23.8 Å². The molecule has 0 saturated heterocycles. The first-order valence-electron chi connectivity index (χ1n) is 5.04. The van der Waals surface area contributed by atoms with E-state index >= 15 is 0 Å². The van der Waals surface area contributed by atoms with Crippen LogP contribution in [-0.4, -0.2) is 23.9 Å². The maximum Gasteiger partial charge on any atom is 0.126 e. The van der Waals surface area contributed by atoms with Gasteiger partial charge < -0.3 is 15.6 Å². The van der Waals surface area contributed by atoms with Gasteiger partial charge in [0, 0.05) is 6.54 Å². The lowest BCUT2D eigenvalue weighted by Crippen LogP contribution is -2.39. The fourth-order valence-electron chi connectivity index (χ4n) is 1.80. The summed E-state index contributed by atoms with van der Waals surface area (Å²) in [5.41, 5.74) is 6.21. The molecule has 2 rings (SSSR count). The second-order valence-electron chi connectivity index (χ2n) is 3.75. The molecule has 2 atom stereocenters. The Hall–Kier alpha value is -1.13. The van der Waals surface area contributed by atoms with Crippen molar-refractivity contribution < 1.29 is 14.2 Å².